The number of piperidine rings is 1. The number of nitrogens with one attached hydrogen (secondary N) is 5. The molecule has 4 unspecified atom stereocenters. The van der Waals surface area contributed by atoms with Gasteiger partial charge in [-0.05, 0) is 71.8 Å². The van der Waals surface area contributed by atoms with Gasteiger partial charge in [0.05, 0.1) is 0 Å². The highest BCUT2D eigenvalue weighted by Crippen LogP contribution is 2.31. The van der Waals surface area contributed by atoms with Gasteiger partial charge < -0.3 is 10.1 Å². The van der Waals surface area contributed by atoms with Gasteiger partial charge in [-0.1, -0.05) is 0 Å². The second kappa shape index (κ2) is 10.3. The molecule has 0 aromatic rings. The van der Waals surface area contributed by atoms with Crippen LogP contribution in [0.2, 0.25) is 0 Å². The average Bonchev–Trinajstić information content (AvgIpc) is 3.15. The fourth-order valence-corrected chi connectivity index (χ4v) is 4.56. The second-order valence-corrected chi connectivity index (χ2v) is 9.90. The molecule has 0 spiro atoms. The van der Waals surface area contributed by atoms with Crippen LogP contribution in [0.25, 0.3) is 0 Å². The van der Waals surface area contributed by atoms with Crippen molar-refractivity contribution in [3.8, 4) is 0 Å². The molecule has 30 heavy (non-hydrogen) atoms. The van der Waals surface area contributed by atoms with Gasteiger partial charge in [0.25, 0.3) is 0 Å². The molecule has 8 nitrogen and oxygen atoms in total. The first-order chi connectivity index (χ1) is 14.2. The Morgan fingerprint density at radius 3 is 2.50 bits per heavy atom. The number of methoxy groups -OCH3 is 1. The summed E-state index contributed by atoms with van der Waals surface area (Å²) in [5, 5.41) is 9.60. The van der Waals surface area contributed by atoms with Crippen LogP contribution in [-0.4, -0.2) is 55.7 Å². The summed E-state index contributed by atoms with van der Waals surface area (Å²) in [5.41, 5.74) is 6.36. The van der Waals surface area contributed by atoms with Crippen molar-refractivity contribution in [3.63, 3.8) is 0 Å². The molecular weight excluding hydrogens is 387 g/mol. The number of carbonyl (C=O) groups is 1. The maximum Gasteiger partial charge on any atom is 0.229 e. The first kappa shape index (κ1) is 23.4. The van der Waals surface area contributed by atoms with Gasteiger partial charge in [-0.25, -0.2) is 14.8 Å². The Morgan fingerprint density at radius 1 is 1.10 bits per heavy atom. The van der Waals surface area contributed by atoms with Crippen LogP contribution in [0.1, 0.15) is 65.7 Å². The zero-order valence-corrected chi connectivity index (χ0v) is 18.8. The lowest BCUT2D eigenvalue weighted by atomic mass is 9.82. The van der Waals surface area contributed by atoms with Crippen LogP contribution in [0.15, 0.2) is 4.99 Å². The maximum absolute atomic E-state index is 13.5. The molecule has 3 rings (SSSR count). The summed E-state index contributed by atoms with van der Waals surface area (Å²) < 4.78 is 18.8. The van der Waals surface area contributed by atoms with Crippen LogP contribution in [0.5, 0.6) is 0 Å². The molecule has 5 N–H and O–H groups in total. The van der Waals surface area contributed by atoms with Crippen LogP contribution in [0, 0.1) is 11.8 Å². The van der Waals surface area contributed by atoms with Crippen molar-refractivity contribution in [2.75, 3.05) is 13.7 Å². The predicted molar refractivity (Wildman–Crippen MR) is 115 cm³/mol. The van der Waals surface area contributed by atoms with E-state index in [-0.39, 0.29) is 35.8 Å². The third-order valence-corrected chi connectivity index (χ3v) is 6.22. The third-order valence-electron chi connectivity index (χ3n) is 6.22. The van der Waals surface area contributed by atoms with Gasteiger partial charge in [-0.15, -0.1) is 0 Å². The van der Waals surface area contributed by atoms with E-state index < -0.39 is 6.17 Å². The number of hydrogen-bond acceptors (Lipinski definition) is 6. The van der Waals surface area contributed by atoms with E-state index in [9.17, 15) is 9.18 Å². The zero-order chi connectivity index (χ0) is 21.7. The lowest BCUT2D eigenvalue weighted by Crippen LogP contribution is -2.53. The fourth-order valence-electron chi connectivity index (χ4n) is 4.56. The molecule has 3 fully saturated rings. The van der Waals surface area contributed by atoms with Crippen molar-refractivity contribution in [3.05, 3.63) is 0 Å². The summed E-state index contributed by atoms with van der Waals surface area (Å²) in [6.45, 7) is 6.88. The number of ether oxygens (including phenoxy) is 1. The molecular formula is C21H39FN6O2. The summed E-state index contributed by atoms with van der Waals surface area (Å²) in [5.74, 6) is 0.825. The van der Waals surface area contributed by atoms with Crippen molar-refractivity contribution < 1.29 is 13.9 Å². The monoisotopic (exact) mass is 426 g/mol. The lowest BCUT2D eigenvalue weighted by Gasteiger charge is -2.30. The number of guanidine groups is 1. The van der Waals surface area contributed by atoms with Gasteiger partial charge in [0.15, 0.2) is 5.96 Å². The molecule has 0 radical (unpaired) electrons. The molecule has 1 saturated carbocycles. The van der Waals surface area contributed by atoms with Crippen molar-refractivity contribution in [1.29, 1.82) is 0 Å². The van der Waals surface area contributed by atoms with Gasteiger partial charge in [0.1, 0.15) is 18.6 Å². The van der Waals surface area contributed by atoms with Gasteiger partial charge in [0.2, 0.25) is 5.91 Å². The van der Waals surface area contributed by atoms with E-state index >= 15 is 0 Å². The minimum Gasteiger partial charge on any atom is -0.367 e. The summed E-state index contributed by atoms with van der Waals surface area (Å²) in [6.07, 6.45) is 4.51. The molecule has 2 heterocycles. The molecule has 3 aliphatic rings. The van der Waals surface area contributed by atoms with Crippen molar-refractivity contribution >= 4 is 11.9 Å². The van der Waals surface area contributed by atoms with E-state index in [1.807, 2.05) is 20.8 Å². The number of alkyl halides is 1. The van der Waals surface area contributed by atoms with Gasteiger partial charge in [0, 0.05) is 31.0 Å². The summed E-state index contributed by atoms with van der Waals surface area (Å²) in [6, 6.07) is 0.282. The smallest absolute Gasteiger partial charge is 0.229 e. The molecule has 0 aromatic heterocycles. The van der Waals surface area contributed by atoms with Crippen LogP contribution in [0.3, 0.4) is 0 Å². The highest BCUT2D eigenvalue weighted by atomic mass is 19.1. The predicted octanol–water partition coefficient (Wildman–Crippen LogP) is 1.54. The van der Waals surface area contributed by atoms with E-state index in [2.05, 4.69) is 26.8 Å². The first-order valence-corrected chi connectivity index (χ1v) is 11.3. The van der Waals surface area contributed by atoms with Gasteiger partial charge in [-0.3, -0.25) is 20.9 Å². The molecule has 2 saturated heterocycles. The highest BCUT2D eigenvalue weighted by Gasteiger charge is 2.34. The Labute approximate surface area is 179 Å². The number of carbonyl (C=O) groups excluding carboxylic acids is 1. The minimum atomic E-state index is -0.644. The van der Waals surface area contributed by atoms with Crippen molar-refractivity contribution in [2.45, 2.75) is 95.9 Å². The van der Waals surface area contributed by atoms with Crippen LogP contribution in [0.4, 0.5) is 4.39 Å². The summed E-state index contributed by atoms with van der Waals surface area (Å²) in [7, 11) is 1.65. The number of amides is 1. The van der Waals surface area contributed by atoms with E-state index in [1.165, 1.54) is 0 Å². The van der Waals surface area contributed by atoms with Gasteiger partial charge >= 0.3 is 0 Å². The second-order valence-electron chi connectivity index (χ2n) is 9.90. The maximum atomic E-state index is 13.5. The number of hydrogen-bond donors (Lipinski definition) is 5. The normalized spacial score (nSPS) is 35.8. The average molecular weight is 427 g/mol. The van der Waals surface area contributed by atoms with E-state index in [0.29, 0.717) is 31.1 Å². The standard InChI is InChI=1S/C21H39FN6O2/c1-21(2,3)26-20(25-19(29)14-9-10-23-18(11-14)30-4)24-17-12-16(27-28-17)13-5-7-15(22)8-6-13/h13-18,23,27-28H,5-12H2,1-4H3,(H2,24,25,26,29). The Kier molecular flexibility index (Phi) is 8.06. The van der Waals surface area contributed by atoms with Crippen LogP contribution in [-0.2, 0) is 9.53 Å². The van der Waals surface area contributed by atoms with E-state index in [4.69, 9.17) is 9.73 Å². The van der Waals surface area contributed by atoms with E-state index in [1.54, 1.807) is 7.11 Å². The van der Waals surface area contributed by atoms with Crippen LogP contribution < -0.4 is 26.8 Å². The number of halogens is 1. The topological polar surface area (TPSA) is 98.8 Å². The summed E-state index contributed by atoms with van der Waals surface area (Å²) in [4.78, 5) is 17.7. The molecule has 0 bridgehead atoms. The molecule has 1 aliphatic carbocycles. The Balaban J connectivity index is 1.60. The molecule has 2 aliphatic heterocycles. The number of nitrogens with zero attached hydrogens (tertiary/aromatic N) is 1. The molecule has 172 valence electrons. The minimum absolute atomic E-state index is 0.0298. The SMILES string of the molecule is COC1CC(C(=O)N/C(=N/C2CC(C3CCC(F)CC3)NN2)NC(C)(C)C)CCN1. The lowest BCUT2D eigenvalue weighted by molar-refractivity contribution is -0.126. The molecule has 1 amide bonds. The third kappa shape index (κ3) is 6.87. The molecule has 9 heteroatoms. The van der Waals surface area contributed by atoms with Crippen molar-refractivity contribution in [2.24, 2.45) is 16.8 Å². The summed E-state index contributed by atoms with van der Waals surface area (Å²) >= 11 is 0. The largest absolute Gasteiger partial charge is 0.367 e. The highest BCUT2D eigenvalue weighted by molar-refractivity contribution is 5.98. The molecule has 4 atom stereocenters. The fraction of sp³-hybridized carbons (Fsp3) is 0.905. The van der Waals surface area contributed by atoms with E-state index in [0.717, 1.165) is 32.2 Å². The number of aliphatic imine (C=N–C) groups is 1. The van der Waals surface area contributed by atoms with Crippen molar-refractivity contribution in [1.82, 2.24) is 26.8 Å². The molecule has 0 aromatic carbocycles. The Hall–Kier alpha value is -1.29. The zero-order valence-electron chi connectivity index (χ0n) is 18.8. The Morgan fingerprint density at radius 2 is 1.83 bits per heavy atom. The quantitative estimate of drug-likeness (QED) is 0.346. The number of rotatable bonds is 4. The first-order valence-electron chi connectivity index (χ1n) is 11.3. The van der Waals surface area contributed by atoms with Crippen LogP contribution >= 0.6 is 0 Å². The Bertz CT molecular complexity index is 603. The number of hydrazine groups is 1. The van der Waals surface area contributed by atoms with Gasteiger partial charge in [-0.2, -0.15) is 0 Å².